The zero-order valence-electron chi connectivity index (χ0n) is 15.3. The number of likely N-dealkylation sites (N-methyl/N-ethyl adjacent to an activating group) is 1. The molecule has 25 heavy (non-hydrogen) atoms. The van der Waals surface area contributed by atoms with Gasteiger partial charge >= 0.3 is 0 Å². The maximum absolute atomic E-state index is 14.1. The Morgan fingerprint density at radius 1 is 1.20 bits per heavy atom. The third-order valence-corrected chi connectivity index (χ3v) is 4.74. The average Bonchev–Trinajstić information content (AvgIpc) is 2.53. The molecule has 0 amide bonds. The van der Waals surface area contributed by atoms with Crippen LogP contribution in [0.25, 0.3) is 0 Å². The van der Waals surface area contributed by atoms with E-state index in [-0.39, 0.29) is 6.42 Å². The van der Waals surface area contributed by atoms with Crippen LogP contribution in [0, 0.1) is 0 Å². The van der Waals surface area contributed by atoms with Crippen molar-refractivity contribution in [1.29, 1.82) is 0 Å². The molecule has 0 saturated carbocycles. The summed E-state index contributed by atoms with van der Waals surface area (Å²) in [5.74, 6) is 0.619. The van der Waals surface area contributed by atoms with E-state index in [0.29, 0.717) is 17.9 Å². The molecule has 0 saturated heterocycles. The summed E-state index contributed by atoms with van der Waals surface area (Å²) in [5, 5.41) is 11.7. The SMILES string of the molecule is COc1ccc(CC(C)(C)F)cc1C1(O)CN(C)Cc2ccccc21. The van der Waals surface area contributed by atoms with Gasteiger partial charge in [-0.1, -0.05) is 30.3 Å². The minimum atomic E-state index is -1.31. The molecule has 0 aromatic heterocycles. The molecule has 0 spiro atoms. The number of alkyl halides is 1. The smallest absolute Gasteiger partial charge is 0.131 e. The molecule has 3 nitrogen and oxygen atoms in total. The minimum Gasteiger partial charge on any atom is -0.496 e. The van der Waals surface area contributed by atoms with E-state index in [4.69, 9.17) is 4.74 Å². The molecule has 2 aromatic rings. The quantitative estimate of drug-likeness (QED) is 0.919. The van der Waals surface area contributed by atoms with Crippen LogP contribution < -0.4 is 4.74 Å². The Balaban J connectivity index is 2.15. The Morgan fingerprint density at radius 2 is 1.92 bits per heavy atom. The van der Waals surface area contributed by atoms with Gasteiger partial charge in [0.15, 0.2) is 0 Å². The molecule has 134 valence electrons. The highest BCUT2D eigenvalue weighted by molar-refractivity contribution is 5.50. The molecule has 1 unspecified atom stereocenters. The molecular formula is C21H26FNO2. The van der Waals surface area contributed by atoms with Crippen LogP contribution in [0.2, 0.25) is 0 Å². The monoisotopic (exact) mass is 343 g/mol. The van der Waals surface area contributed by atoms with Crippen molar-refractivity contribution in [1.82, 2.24) is 4.90 Å². The van der Waals surface area contributed by atoms with Crippen molar-refractivity contribution in [3.63, 3.8) is 0 Å². The number of hydrogen-bond acceptors (Lipinski definition) is 3. The van der Waals surface area contributed by atoms with Gasteiger partial charge in [0.05, 0.1) is 7.11 Å². The summed E-state index contributed by atoms with van der Waals surface area (Å²) >= 11 is 0. The maximum Gasteiger partial charge on any atom is 0.131 e. The fourth-order valence-corrected chi connectivity index (χ4v) is 3.79. The van der Waals surface area contributed by atoms with Crippen molar-refractivity contribution >= 4 is 0 Å². The van der Waals surface area contributed by atoms with Crippen LogP contribution in [-0.2, 0) is 18.6 Å². The van der Waals surface area contributed by atoms with Crippen LogP contribution in [0.3, 0.4) is 0 Å². The number of rotatable bonds is 4. The number of nitrogens with zero attached hydrogens (tertiary/aromatic N) is 1. The summed E-state index contributed by atoms with van der Waals surface area (Å²) in [6, 6.07) is 13.5. The summed E-state index contributed by atoms with van der Waals surface area (Å²) in [6.45, 7) is 4.38. The van der Waals surface area contributed by atoms with Gasteiger partial charge in [-0.05, 0) is 49.7 Å². The third-order valence-electron chi connectivity index (χ3n) is 4.74. The molecule has 0 radical (unpaired) electrons. The Morgan fingerprint density at radius 3 is 2.60 bits per heavy atom. The fraction of sp³-hybridized carbons (Fsp3) is 0.429. The number of hydrogen-bond donors (Lipinski definition) is 1. The Labute approximate surface area is 149 Å². The lowest BCUT2D eigenvalue weighted by Crippen LogP contribution is -2.45. The molecule has 4 heteroatoms. The summed E-state index contributed by atoms with van der Waals surface area (Å²) in [5.41, 5.74) is 1.03. The number of benzene rings is 2. The van der Waals surface area contributed by atoms with Crippen molar-refractivity contribution in [3.8, 4) is 5.75 Å². The third kappa shape index (κ3) is 3.55. The van der Waals surface area contributed by atoms with Gasteiger partial charge in [-0.15, -0.1) is 0 Å². The second-order valence-corrected chi connectivity index (χ2v) is 7.62. The second-order valence-electron chi connectivity index (χ2n) is 7.62. The summed E-state index contributed by atoms with van der Waals surface area (Å²) < 4.78 is 19.7. The minimum absolute atomic E-state index is 0.289. The zero-order valence-corrected chi connectivity index (χ0v) is 15.3. The lowest BCUT2D eigenvalue weighted by Gasteiger charge is -2.40. The van der Waals surface area contributed by atoms with Gasteiger partial charge in [0.1, 0.15) is 17.0 Å². The van der Waals surface area contributed by atoms with Crippen molar-refractivity contribution in [2.75, 3.05) is 20.7 Å². The summed E-state index contributed by atoms with van der Waals surface area (Å²) in [6.07, 6.45) is 0.289. The highest BCUT2D eigenvalue weighted by Crippen LogP contribution is 2.41. The first kappa shape index (κ1) is 17.9. The molecule has 1 aliphatic heterocycles. The molecule has 2 aromatic carbocycles. The van der Waals surface area contributed by atoms with Crippen molar-refractivity contribution in [3.05, 3.63) is 64.7 Å². The number of aliphatic hydroxyl groups is 1. The molecule has 1 heterocycles. The molecule has 3 rings (SSSR count). The normalized spacial score (nSPS) is 21.0. The van der Waals surface area contributed by atoms with Crippen LogP contribution in [0.15, 0.2) is 42.5 Å². The highest BCUT2D eigenvalue weighted by atomic mass is 19.1. The molecule has 1 N–H and O–H groups in total. The van der Waals surface area contributed by atoms with E-state index in [9.17, 15) is 9.50 Å². The van der Waals surface area contributed by atoms with E-state index < -0.39 is 11.3 Å². The molecule has 0 aliphatic carbocycles. The van der Waals surface area contributed by atoms with E-state index in [1.807, 2.05) is 49.5 Å². The molecule has 0 fully saturated rings. The Bertz CT molecular complexity index is 769. The van der Waals surface area contributed by atoms with E-state index in [1.165, 1.54) is 0 Å². The number of β-amino-alcohol motifs (C(OH)–C–C–N with tert-alkyl or cyclic N) is 1. The molecule has 1 atom stereocenters. The number of halogens is 1. The second kappa shape index (κ2) is 6.43. The van der Waals surface area contributed by atoms with Crippen molar-refractivity contribution < 1.29 is 14.2 Å². The average molecular weight is 343 g/mol. The highest BCUT2D eigenvalue weighted by Gasteiger charge is 2.40. The molecular weight excluding hydrogens is 317 g/mol. The van der Waals surface area contributed by atoms with Crippen LogP contribution in [-0.4, -0.2) is 36.4 Å². The molecule has 1 aliphatic rings. The topological polar surface area (TPSA) is 32.7 Å². The number of methoxy groups -OCH3 is 1. The van der Waals surface area contributed by atoms with E-state index >= 15 is 0 Å². The van der Waals surface area contributed by atoms with Gasteiger partial charge in [0.25, 0.3) is 0 Å². The molecule has 0 bridgehead atoms. The zero-order chi connectivity index (χ0) is 18.2. The summed E-state index contributed by atoms with van der Waals surface area (Å²) in [7, 11) is 3.58. The van der Waals surface area contributed by atoms with Crippen LogP contribution >= 0.6 is 0 Å². The van der Waals surface area contributed by atoms with E-state index in [0.717, 1.165) is 23.2 Å². The van der Waals surface area contributed by atoms with Gasteiger partial charge in [-0.2, -0.15) is 0 Å². The first-order valence-corrected chi connectivity index (χ1v) is 8.58. The van der Waals surface area contributed by atoms with E-state index in [1.54, 1.807) is 21.0 Å². The number of fused-ring (bicyclic) bond motifs is 1. The fourth-order valence-electron chi connectivity index (χ4n) is 3.79. The lowest BCUT2D eigenvalue weighted by molar-refractivity contribution is 0.0262. The largest absolute Gasteiger partial charge is 0.496 e. The van der Waals surface area contributed by atoms with Gasteiger partial charge in [-0.25, -0.2) is 4.39 Å². The predicted molar refractivity (Wildman–Crippen MR) is 97.7 cm³/mol. The van der Waals surface area contributed by atoms with Gasteiger partial charge in [-0.3, -0.25) is 4.90 Å². The number of ether oxygens (including phenoxy) is 1. The van der Waals surface area contributed by atoms with Gasteiger partial charge in [0.2, 0.25) is 0 Å². The van der Waals surface area contributed by atoms with Crippen LogP contribution in [0.5, 0.6) is 5.75 Å². The Hall–Kier alpha value is -1.91. The van der Waals surface area contributed by atoms with Gasteiger partial charge in [0, 0.05) is 25.1 Å². The summed E-state index contributed by atoms with van der Waals surface area (Å²) in [4.78, 5) is 2.09. The van der Waals surface area contributed by atoms with Crippen LogP contribution in [0.4, 0.5) is 4.39 Å². The van der Waals surface area contributed by atoms with E-state index in [2.05, 4.69) is 4.90 Å². The van der Waals surface area contributed by atoms with Gasteiger partial charge < -0.3 is 9.84 Å². The lowest BCUT2D eigenvalue weighted by atomic mass is 9.79. The first-order valence-electron chi connectivity index (χ1n) is 8.58. The predicted octanol–water partition coefficient (Wildman–Crippen LogP) is 3.67. The Kier molecular flexibility index (Phi) is 4.60. The van der Waals surface area contributed by atoms with Crippen molar-refractivity contribution in [2.45, 2.75) is 38.1 Å². The van der Waals surface area contributed by atoms with Crippen molar-refractivity contribution in [2.24, 2.45) is 0 Å². The first-order chi connectivity index (χ1) is 11.7. The maximum atomic E-state index is 14.1. The standard InChI is InChI=1S/C21H26FNO2/c1-20(2,22)12-15-9-10-19(25-4)18(11-15)21(24)14-23(3)13-16-7-5-6-8-17(16)21/h5-11,24H,12-14H2,1-4H3. The van der Waals surface area contributed by atoms with Crippen LogP contribution in [0.1, 0.15) is 36.1 Å².